The van der Waals surface area contributed by atoms with Crippen molar-refractivity contribution in [2.75, 3.05) is 7.11 Å². The first-order chi connectivity index (χ1) is 8.22. The van der Waals surface area contributed by atoms with Crippen molar-refractivity contribution < 1.29 is 9.53 Å². The Morgan fingerprint density at radius 3 is 2.53 bits per heavy atom. The Morgan fingerprint density at radius 1 is 1.24 bits per heavy atom. The van der Waals surface area contributed by atoms with E-state index in [9.17, 15) is 4.79 Å². The molecule has 2 rings (SSSR count). The van der Waals surface area contributed by atoms with Crippen LogP contribution in [0.5, 0.6) is 0 Å². The van der Waals surface area contributed by atoms with E-state index in [1.165, 1.54) is 18.3 Å². The van der Waals surface area contributed by atoms with E-state index in [4.69, 9.17) is 0 Å². The Bertz CT molecular complexity index is 478. The highest BCUT2D eigenvalue weighted by atomic mass is 16.5. The van der Waals surface area contributed by atoms with Crippen LogP contribution in [0.1, 0.15) is 35.7 Å². The zero-order valence-electron chi connectivity index (χ0n) is 10.2. The molecule has 1 aromatic rings. The van der Waals surface area contributed by atoms with E-state index in [2.05, 4.69) is 23.8 Å². The van der Waals surface area contributed by atoms with Crippen LogP contribution in [0.3, 0.4) is 0 Å². The van der Waals surface area contributed by atoms with E-state index in [0.29, 0.717) is 5.56 Å². The van der Waals surface area contributed by atoms with Gasteiger partial charge < -0.3 is 4.74 Å². The van der Waals surface area contributed by atoms with Gasteiger partial charge in [0.15, 0.2) is 0 Å². The molecular weight excluding hydrogens is 212 g/mol. The molecule has 88 valence electrons. The Morgan fingerprint density at radius 2 is 1.94 bits per heavy atom. The smallest absolute Gasteiger partial charge is 0.337 e. The van der Waals surface area contributed by atoms with Crippen molar-refractivity contribution in [1.29, 1.82) is 0 Å². The second-order valence-electron chi connectivity index (χ2n) is 4.20. The summed E-state index contributed by atoms with van der Waals surface area (Å²) in [5.41, 5.74) is 4.42. The summed E-state index contributed by atoms with van der Waals surface area (Å²) in [5.74, 6) is -0.290. The molecule has 0 heterocycles. The fourth-order valence-electron chi connectivity index (χ4n) is 2.02. The van der Waals surface area contributed by atoms with E-state index in [0.717, 1.165) is 18.4 Å². The number of carbonyl (C=O) groups excluding carboxylic acids is 1. The van der Waals surface area contributed by atoms with Crippen LogP contribution >= 0.6 is 0 Å². The number of allylic oxidation sites excluding steroid dienone is 4. The quantitative estimate of drug-likeness (QED) is 0.723. The molecule has 0 unspecified atom stereocenters. The zero-order chi connectivity index (χ0) is 12.3. The standard InChI is InChI=1S/C15H16O2/c1-11-5-3-4-6-14(11)12-7-9-13(10-8-12)15(16)17-2/h4,6-10H,3,5H2,1-2H3. The molecule has 0 fully saturated rings. The van der Waals surface area contributed by atoms with Crippen LogP contribution in [-0.2, 0) is 4.74 Å². The van der Waals surface area contributed by atoms with Crippen molar-refractivity contribution in [3.05, 3.63) is 53.1 Å². The first-order valence-corrected chi connectivity index (χ1v) is 5.77. The van der Waals surface area contributed by atoms with Gasteiger partial charge in [0, 0.05) is 0 Å². The van der Waals surface area contributed by atoms with Crippen molar-refractivity contribution in [3.8, 4) is 0 Å². The second kappa shape index (κ2) is 5.00. The summed E-state index contributed by atoms with van der Waals surface area (Å²) in [7, 11) is 1.40. The second-order valence-corrected chi connectivity index (χ2v) is 4.20. The molecule has 1 aliphatic carbocycles. The van der Waals surface area contributed by atoms with Gasteiger partial charge >= 0.3 is 5.97 Å². The molecule has 17 heavy (non-hydrogen) atoms. The highest BCUT2D eigenvalue weighted by Gasteiger charge is 2.08. The molecule has 0 aliphatic heterocycles. The lowest BCUT2D eigenvalue weighted by molar-refractivity contribution is 0.0601. The Balaban J connectivity index is 2.30. The van der Waals surface area contributed by atoms with Crippen LogP contribution in [0.15, 0.2) is 42.0 Å². The summed E-state index contributed by atoms with van der Waals surface area (Å²) in [6.07, 6.45) is 6.59. The fraction of sp³-hybridized carbons (Fsp3) is 0.267. The average Bonchev–Trinajstić information content (AvgIpc) is 2.39. The molecule has 0 atom stereocenters. The van der Waals surface area contributed by atoms with Crippen LogP contribution < -0.4 is 0 Å². The summed E-state index contributed by atoms with van der Waals surface area (Å²) >= 11 is 0. The lowest BCUT2D eigenvalue weighted by Crippen LogP contribution is -2.01. The molecule has 1 aliphatic rings. The molecule has 0 amide bonds. The average molecular weight is 228 g/mol. The maximum atomic E-state index is 11.3. The van der Waals surface area contributed by atoms with Gasteiger partial charge in [0.25, 0.3) is 0 Å². The lowest BCUT2D eigenvalue weighted by atomic mass is 9.93. The monoisotopic (exact) mass is 228 g/mol. The van der Waals surface area contributed by atoms with Gasteiger partial charge in [-0.15, -0.1) is 0 Å². The number of esters is 1. The van der Waals surface area contributed by atoms with Crippen molar-refractivity contribution in [2.24, 2.45) is 0 Å². The van der Waals surface area contributed by atoms with Crippen molar-refractivity contribution in [3.63, 3.8) is 0 Å². The van der Waals surface area contributed by atoms with Gasteiger partial charge in [-0.05, 0) is 43.0 Å². The van der Waals surface area contributed by atoms with Crippen LogP contribution in [-0.4, -0.2) is 13.1 Å². The summed E-state index contributed by atoms with van der Waals surface area (Å²) in [6, 6.07) is 7.56. The molecular formula is C15H16O2. The SMILES string of the molecule is COC(=O)c1ccc(C2=C(C)CCC=C2)cc1. The van der Waals surface area contributed by atoms with Crippen LogP contribution in [0, 0.1) is 0 Å². The predicted molar refractivity (Wildman–Crippen MR) is 68.7 cm³/mol. The van der Waals surface area contributed by atoms with E-state index >= 15 is 0 Å². The fourth-order valence-corrected chi connectivity index (χ4v) is 2.02. The zero-order valence-corrected chi connectivity index (χ0v) is 10.2. The lowest BCUT2D eigenvalue weighted by Gasteiger charge is -2.13. The first-order valence-electron chi connectivity index (χ1n) is 5.77. The maximum absolute atomic E-state index is 11.3. The third-order valence-corrected chi connectivity index (χ3v) is 3.05. The van der Waals surface area contributed by atoms with Crippen molar-refractivity contribution in [2.45, 2.75) is 19.8 Å². The minimum Gasteiger partial charge on any atom is -0.465 e. The normalized spacial score (nSPS) is 14.9. The Labute approximate surface area is 102 Å². The van der Waals surface area contributed by atoms with Gasteiger partial charge in [-0.3, -0.25) is 0 Å². The molecule has 0 spiro atoms. The highest BCUT2D eigenvalue weighted by molar-refractivity contribution is 5.90. The number of benzene rings is 1. The van der Waals surface area contributed by atoms with Gasteiger partial charge in [0.1, 0.15) is 0 Å². The number of ether oxygens (including phenoxy) is 1. The van der Waals surface area contributed by atoms with Gasteiger partial charge in [-0.2, -0.15) is 0 Å². The highest BCUT2D eigenvalue weighted by Crippen LogP contribution is 2.27. The van der Waals surface area contributed by atoms with E-state index in [1.54, 1.807) is 0 Å². The minimum absolute atomic E-state index is 0.290. The Hall–Kier alpha value is -1.83. The molecule has 0 N–H and O–H groups in total. The first kappa shape index (κ1) is 11.6. The van der Waals surface area contributed by atoms with Gasteiger partial charge in [0.2, 0.25) is 0 Å². The third-order valence-electron chi connectivity index (χ3n) is 3.05. The van der Waals surface area contributed by atoms with Crippen LogP contribution in [0.2, 0.25) is 0 Å². The van der Waals surface area contributed by atoms with E-state index in [1.807, 2.05) is 24.3 Å². The number of hydrogen-bond donors (Lipinski definition) is 0. The van der Waals surface area contributed by atoms with Gasteiger partial charge in [0.05, 0.1) is 12.7 Å². The maximum Gasteiger partial charge on any atom is 0.337 e. The van der Waals surface area contributed by atoms with Gasteiger partial charge in [-0.1, -0.05) is 29.9 Å². The van der Waals surface area contributed by atoms with Crippen LogP contribution in [0.4, 0.5) is 0 Å². The van der Waals surface area contributed by atoms with E-state index < -0.39 is 0 Å². The molecule has 2 heteroatoms. The molecule has 0 aromatic heterocycles. The molecule has 0 radical (unpaired) electrons. The summed E-state index contributed by atoms with van der Waals surface area (Å²) < 4.78 is 4.68. The number of carbonyl (C=O) groups is 1. The largest absolute Gasteiger partial charge is 0.465 e. The molecule has 0 saturated heterocycles. The molecule has 1 aromatic carbocycles. The van der Waals surface area contributed by atoms with E-state index in [-0.39, 0.29) is 5.97 Å². The van der Waals surface area contributed by atoms with Crippen molar-refractivity contribution >= 4 is 11.5 Å². The molecule has 0 bridgehead atoms. The third kappa shape index (κ3) is 2.47. The molecule has 2 nitrogen and oxygen atoms in total. The molecule has 0 saturated carbocycles. The summed E-state index contributed by atoms with van der Waals surface area (Å²) in [6.45, 7) is 2.16. The number of rotatable bonds is 2. The Kier molecular flexibility index (Phi) is 3.43. The number of methoxy groups -OCH3 is 1. The van der Waals surface area contributed by atoms with Gasteiger partial charge in [-0.25, -0.2) is 4.79 Å². The van der Waals surface area contributed by atoms with Crippen LogP contribution in [0.25, 0.3) is 5.57 Å². The predicted octanol–water partition coefficient (Wildman–Crippen LogP) is 3.60. The van der Waals surface area contributed by atoms with Crippen molar-refractivity contribution in [1.82, 2.24) is 0 Å². The minimum atomic E-state index is -0.290. The topological polar surface area (TPSA) is 26.3 Å². The summed E-state index contributed by atoms with van der Waals surface area (Å²) in [5, 5.41) is 0. The summed E-state index contributed by atoms with van der Waals surface area (Å²) in [4.78, 5) is 11.3. The number of hydrogen-bond acceptors (Lipinski definition) is 2.